The molecular formula is C23H27N3O4. The summed E-state index contributed by atoms with van der Waals surface area (Å²) in [6, 6.07) is 12.4. The Kier molecular flexibility index (Phi) is 6.10. The molecule has 0 spiro atoms. The molecule has 1 saturated heterocycles. The molecule has 1 aliphatic rings. The number of aryl methyl sites for hydroxylation is 2. The fraction of sp³-hybridized carbons (Fsp3) is 0.348. The summed E-state index contributed by atoms with van der Waals surface area (Å²) >= 11 is 0. The van der Waals surface area contributed by atoms with E-state index < -0.39 is 23.4 Å². The Morgan fingerprint density at radius 1 is 1.17 bits per heavy atom. The van der Waals surface area contributed by atoms with Gasteiger partial charge < -0.3 is 15.4 Å². The summed E-state index contributed by atoms with van der Waals surface area (Å²) < 4.78 is 5.26. The normalized spacial score (nSPS) is 18.3. The van der Waals surface area contributed by atoms with Gasteiger partial charge in [0.05, 0.1) is 12.8 Å². The molecule has 1 atom stereocenters. The monoisotopic (exact) mass is 409 g/mol. The van der Waals surface area contributed by atoms with Crippen molar-refractivity contribution in [3.63, 3.8) is 0 Å². The molecule has 2 aromatic rings. The van der Waals surface area contributed by atoms with Gasteiger partial charge in [0, 0.05) is 0 Å². The van der Waals surface area contributed by atoms with Crippen LogP contribution in [0.3, 0.4) is 0 Å². The lowest BCUT2D eigenvalue weighted by atomic mass is 9.91. The maximum atomic E-state index is 13.1. The van der Waals surface area contributed by atoms with Gasteiger partial charge in [-0.25, -0.2) is 4.79 Å². The van der Waals surface area contributed by atoms with Gasteiger partial charge in [-0.3, -0.25) is 14.5 Å². The number of hydrogen-bond acceptors (Lipinski definition) is 4. The van der Waals surface area contributed by atoms with Crippen molar-refractivity contribution in [3.05, 3.63) is 59.2 Å². The number of urea groups is 1. The van der Waals surface area contributed by atoms with E-state index in [0.29, 0.717) is 17.0 Å². The molecule has 4 amide bonds. The molecule has 1 fully saturated rings. The summed E-state index contributed by atoms with van der Waals surface area (Å²) in [5, 5.41) is 5.45. The molecule has 1 aliphatic heterocycles. The summed E-state index contributed by atoms with van der Waals surface area (Å²) in [6.07, 6.45) is 1.98. The number of anilines is 1. The van der Waals surface area contributed by atoms with Crippen LogP contribution in [-0.4, -0.2) is 36.4 Å². The van der Waals surface area contributed by atoms with Crippen molar-refractivity contribution >= 4 is 23.5 Å². The molecule has 1 heterocycles. The number of nitrogens with one attached hydrogen (secondary N) is 2. The Hall–Kier alpha value is -3.35. The third kappa shape index (κ3) is 4.15. The predicted octanol–water partition coefficient (Wildman–Crippen LogP) is 3.36. The van der Waals surface area contributed by atoms with Crippen molar-refractivity contribution in [2.75, 3.05) is 19.0 Å². The predicted molar refractivity (Wildman–Crippen MR) is 114 cm³/mol. The minimum Gasteiger partial charge on any atom is -0.495 e. The van der Waals surface area contributed by atoms with Crippen LogP contribution in [0.25, 0.3) is 0 Å². The fourth-order valence-electron chi connectivity index (χ4n) is 3.58. The molecule has 2 aromatic carbocycles. The number of hydrogen-bond donors (Lipinski definition) is 2. The Morgan fingerprint density at radius 3 is 2.50 bits per heavy atom. The summed E-state index contributed by atoms with van der Waals surface area (Å²) in [6.45, 7) is 5.27. The molecule has 2 N–H and O–H groups in total. The minimum atomic E-state index is -1.21. The zero-order chi connectivity index (χ0) is 21.9. The van der Waals surface area contributed by atoms with E-state index in [1.54, 1.807) is 19.1 Å². The largest absolute Gasteiger partial charge is 0.495 e. The van der Waals surface area contributed by atoms with E-state index in [4.69, 9.17) is 4.74 Å². The van der Waals surface area contributed by atoms with E-state index in [9.17, 15) is 14.4 Å². The lowest BCUT2D eigenvalue weighted by Gasteiger charge is -2.22. The van der Waals surface area contributed by atoms with Gasteiger partial charge in [-0.05, 0) is 49.1 Å². The highest BCUT2D eigenvalue weighted by atomic mass is 16.5. The van der Waals surface area contributed by atoms with Gasteiger partial charge in [0.15, 0.2) is 0 Å². The van der Waals surface area contributed by atoms with E-state index in [-0.39, 0.29) is 6.54 Å². The highest BCUT2D eigenvalue weighted by molar-refractivity contribution is 6.10. The van der Waals surface area contributed by atoms with Crippen LogP contribution in [0.15, 0.2) is 42.5 Å². The molecular weight excluding hydrogens is 382 g/mol. The third-order valence-corrected chi connectivity index (χ3v) is 5.28. The molecule has 7 heteroatoms. The van der Waals surface area contributed by atoms with E-state index in [1.165, 1.54) is 12.7 Å². The fourth-order valence-corrected chi connectivity index (χ4v) is 3.58. The molecule has 7 nitrogen and oxygen atoms in total. The summed E-state index contributed by atoms with van der Waals surface area (Å²) in [5.74, 6) is -0.435. The minimum absolute atomic E-state index is 0.384. The maximum absolute atomic E-state index is 13.1. The number of carbonyl (C=O) groups excluding carboxylic acids is 3. The molecule has 0 saturated carbocycles. The third-order valence-electron chi connectivity index (χ3n) is 5.28. The number of ether oxygens (including phenoxy) is 1. The first-order valence-electron chi connectivity index (χ1n) is 9.96. The van der Waals surface area contributed by atoms with Gasteiger partial charge in [-0.1, -0.05) is 43.7 Å². The van der Waals surface area contributed by atoms with Crippen molar-refractivity contribution in [1.29, 1.82) is 0 Å². The highest BCUT2D eigenvalue weighted by Gasteiger charge is 2.49. The standard InChI is InChI=1S/C23H27N3O4/c1-5-6-16-8-10-17(11-9-16)23(3)21(28)26(22(29)25-23)14-20(27)24-18-13-15(2)7-12-19(18)30-4/h7-13H,5-6,14H2,1-4H3,(H,24,27)(H,25,29)/t23-/m0/s1. The second-order valence-corrected chi connectivity index (χ2v) is 7.65. The molecule has 30 heavy (non-hydrogen) atoms. The quantitative estimate of drug-likeness (QED) is 0.687. The first-order chi connectivity index (χ1) is 14.3. The lowest BCUT2D eigenvalue weighted by Crippen LogP contribution is -2.42. The summed E-state index contributed by atoms with van der Waals surface area (Å²) in [7, 11) is 1.51. The lowest BCUT2D eigenvalue weighted by molar-refractivity contribution is -0.133. The van der Waals surface area contributed by atoms with Crippen molar-refractivity contribution < 1.29 is 19.1 Å². The Bertz CT molecular complexity index is 971. The van der Waals surface area contributed by atoms with Crippen LogP contribution < -0.4 is 15.4 Å². The van der Waals surface area contributed by atoms with Crippen LogP contribution in [0, 0.1) is 6.92 Å². The van der Waals surface area contributed by atoms with Crippen molar-refractivity contribution in [3.8, 4) is 5.75 Å². The Labute approximate surface area is 176 Å². The number of benzene rings is 2. The zero-order valence-electron chi connectivity index (χ0n) is 17.7. The number of carbonyl (C=O) groups is 3. The number of imide groups is 1. The average molecular weight is 409 g/mol. The highest BCUT2D eigenvalue weighted by Crippen LogP contribution is 2.30. The summed E-state index contributed by atoms with van der Waals surface area (Å²) in [4.78, 5) is 39.1. The van der Waals surface area contributed by atoms with Gasteiger partial charge in [-0.15, -0.1) is 0 Å². The molecule has 0 aliphatic carbocycles. The second kappa shape index (κ2) is 8.57. The van der Waals surface area contributed by atoms with Gasteiger partial charge in [0.2, 0.25) is 5.91 Å². The van der Waals surface area contributed by atoms with Gasteiger partial charge in [0.1, 0.15) is 17.8 Å². The zero-order valence-corrected chi connectivity index (χ0v) is 17.7. The maximum Gasteiger partial charge on any atom is 0.325 e. The van der Waals surface area contributed by atoms with Crippen LogP contribution in [0.4, 0.5) is 10.5 Å². The van der Waals surface area contributed by atoms with Crippen LogP contribution in [-0.2, 0) is 21.5 Å². The first-order valence-corrected chi connectivity index (χ1v) is 9.96. The van der Waals surface area contributed by atoms with Crippen LogP contribution in [0.2, 0.25) is 0 Å². The van der Waals surface area contributed by atoms with Crippen LogP contribution in [0.1, 0.15) is 37.0 Å². The molecule has 0 bridgehead atoms. The second-order valence-electron chi connectivity index (χ2n) is 7.65. The van der Waals surface area contributed by atoms with Crippen LogP contribution in [0.5, 0.6) is 5.75 Å². The number of methoxy groups -OCH3 is 1. The molecule has 3 rings (SSSR count). The smallest absolute Gasteiger partial charge is 0.325 e. The summed E-state index contributed by atoms with van der Waals surface area (Å²) in [5.41, 5.74) is 2.08. The van der Waals surface area contributed by atoms with Gasteiger partial charge >= 0.3 is 6.03 Å². The van der Waals surface area contributed by atoms with E-state index in [1.807, 2.05) is 37.3 Å². The molecule has 0 aromatic heterocycles. The van der Waals surface area contributed by atoms with Crippen LogP contribution >= 0.6 is 0 Å². The molecule has 0 radical (unpaired) electrons. The van der Waals surface area contributed by atoms with E-state index >= 15 is 0 Å². The van der Waals surface area contributed by atoms with Crippen molar-refractivity contribution in [1.82, 2.24) is 10.2 Å². The number of amides is 4. The Balaban J connectivity index is 1.74. The van der Waals surface area contributed by atoms with Gasteiger partial charge in [0.25, 0.3) is 5.91 Å². The van der Waals surface area contributed by atoms with E-state index in [0.717, 1.165) is 23.3 Å². The number of rotatable bonds is 7. The number of nitrogens with zero attached hydrogens (tertiary/aromatic N) is 1. The SMILES string of the molecule is CCCc1ccc([C@]2(C)NC(=O)N(CC(=O)Nc3cc(C)ccc3OC)C2=O)cc1. The van der Waals surface area contributed by atoms with Crippen molar-refractivity contribution in [2.24, 2.45) is 0 Å². The van der Waals surface area contributed by atoms with Gasteiger partial charge in [-0.2, -0.15) is 0 Å². The average Bonchev–Trinajstić information content (AvgIpc) is 2.93. The van der Waals surface area contributed by atoms with E-state index in [2.05, 4.69) is 17.6 Å². The molecule has 158 valence electrons. The topological polar surface area (TPSA) is 87.7 Å². The Morgan fingerprint density at radius 2 is 1.87 bits per heavy atom. The van der Waals surface area contributed by atoms with Crippen molar-refractivity contribution in [2.45, 2.75) is 39.2 Å². The first kappa shape index (κ1) is 21.4. The molecule has 0 unspecified atom stereocenters.